The van der Waals surface area contributed by atoms with Gasteiger partial charge in [-0.15, -0.1) is 0 Å². The van der Waals surface area contributed by atoms with E-state index in [0.29, 0.717) is 6.04 Å². The van der Waals surface area contributed by atoms with Gasteiger partial charge in [0.15, 0.2) is 0 Å². The molecule has 1 aliphatic rings. The molecule has 0 amide bonds. The maximum atomic E-state index is 12.2. The number of ether oxygens (including phenoxy) is 1. The normalized spacial score (nSPS) is 18.6. The number of nitrogens with one attached hydrogen (secondary N) is 1. The summed E-state index contributed by atoms with van der Waals surface area (Å²) in [6.07, 6.45) is 2.42. The summed E-state index contributed by atoms with van der Waals surface area (Å²) < 4.78 is 28.7. The molecule has 0 saturated carbocycles. The largest absolute Gasteiger partial charge is 0.435 e. The molecule has 0 aliphatic carbocycles. The molecular weight excluding hydrogens is 286 g/mol. The number of hydrogen-bond donors (Lipinski definition) is 1. The number of rotatable bonds is 7. The minimum Gasteiger partial charge on any atom is -0.435 e. The number of halogens is 2. The molecule has 124 valence electrons. The molecule has 1 N–H and O–H groups in total. The Morgan fingerprint density at radius 1 is 1.23 bits per heavy atom. The van der Waals surface area contributed by atoms with Crippen LogP contribution in [0.2, 0.25) is 0 Å². The van der Waals surface area contributed by atoms with E-state index in [9.17, 15) is 8.78 Å². The van der Waals surface area contributed by atoms with E-state index >= 15 is 0 Å². The highest BCUT2D eigenvalue weighted by Crippen LogP contribution is 2.27. The highest BCUT2D eigenvalue weighted by atomic mass is 19.3. The summed E-state index contributed by atoms with van der Waals surface area (Å²) in [4.78, 5) is 2.46. The average Bonchev–Trinajstić information content (AvgIpc) is 2.53. The Morgan fingerprint density at radius 2 is 1.86 bits per heavy atom. The van der Waals surface area contributed by atoms with Crippen molar-refractivity contribution < 1.29 is 13.5 Å². The number of likely N-dealkylation sites (tertiary alicyclic amines) is 1. The number of alkyl halides is 2. The van der Waals surface area contributed by atoms with Crippen LogP contribution in [0.3, 0.4) is 0 Å². The van der Waals surface area contributed by atoms with Crippen molar-refractivity contribution in [3.8, 4) is 5.75 Å². The Kier molecular flexibility index (Phi) is 6.58. The number of hydrogen-bond acceptors (Lipinski definition) is 3. The van der Waals surface area contributed by atoms with Crippen LogP contribution >= 0.6 is 0 Å². The molecule has 1 aromatic carbocycles. The molecule has 1 aromatic rings. The number of benzene rings is 1. The molecule has 0 aromatic heterocycles. The summed E-state index contributed by atoms with van der Waals surface area (Å²) in [5, 5.41) is 3.42. The molecule has 1 fully saturated rings. The van der Waals surface area contributed by atoms with Crippen molar-refractivity contribution in [2.45, 2.75) is 39.3 Å². The van der Waals surface area contributed by atoms with Gasteiger partial charge in [-0.1, -0.05) is 19.1 Å². The van der Waals surface area contributed by atoms with Gasteiger partial charge in [-0.2, -0.15) is 8.78 Å². The molecule has 2 rings (SSSR count). The SMILES string of the molecule is CCNCC1CCN(C(C)c2ccc(OC(F)F)cc2)CC1. The van der Waals surface area contributed by atoms with Gasteiger partial charge in [-0.05, 0) is 69.6 Å². The molecule has 1 aliphatic heterocycles. The van der Waals surface area contributed by atoms with E-state index in [-0.39, 0.29) is 5.75 Å². The van der Waals surface area contributed by atoms with Crippen LogP contribution in [0, 0.1) is 5.92 Å². The second kappa shape index (κ2) is 8.44. The predicted molar refractivity (Wildman–Crippen MR) is 84.3 cm³/mol. The lowest BCUT2D eigenvalue weighted by molar-refractivity contribution is -0.0498. The average molecular weight is 312 g/mol. The first-order chi connectivity index (χ1) is 10.6. The summed E-state index contributed by atoms with van der Waals surface area (Å²) in [5.74, 6) is 0.987. The molecule has 0 radical (unpaired) electrons. The third-order valence-corrected chi connectivity index (χ3v) is 4.47. The first-order valence-electron chi connectivity index (χ1n) is 8.09. The Morgan fingerprint density at radius 3 is 2.41 bits per heavy atom. The first-order valence-corrected chi connectivity index (χ1v) is 8.09. The van der Waals surface area contributed by atoms with Crippen molar-refractivity contribution >= 4 is 0 Å². The standard InChI is InChI=1S/C17H26F2N2O/c1-3-20-12-14-8-10-21(11-9-14)13(2)15-4-6-16(7-5-15)22-17(18)19/h4-7,13-14,17,20H,3,8-12H2,1-2H3. The van der Waals surface area contributed by atoms with E-state index in [1.807, 2.05) is 12.1 Å². The molecule has 1 saturated heterocycles. The van der Waals surface area contributed by atoms with Gasteiger partial charge in [0, 0.05) is 6.04 Å². The topological polar surface area (TPSA) is 24.5 Å². The van der Waals surface area contributed by atoms with E-state index < -0.39 is 6.61 Å². The second-order valence-corrected chi connectivity index (χ2v) is 5.91. The summed E-state index contributed by atoms with van der Waals surface area (Å²) in [6.45, 7) is 5.87. The van der Waals surface area contributed by atoms with E-state index in [1.54, 1.807) is 12.1 Å². The van der Waals surface area contributed by atoms with Gasteiger partial charge in [0.25, 0.3) is 0 Å². The minimum atomic E-state index is -2.76. The Hall–Kier alpha value is -1.20. The van der Waals surface area contributed by atoms with Crippen molar-refractivity contribution in [3.63, 3.8) is 0 Å². The summed E-state index contributed by atoms with van der Waals surface area (Å²) in [5.41, 5.74) is 1.15. The first kappa shape index (κ1) is 17.2. The zero-order chi connectivity index (χ0) is 15.9. The number of nitrogens with zero attached hydrogens (tertiary/aromatic N) is 1. The Bertz CT molecular complexity index is 431. The summed E-state index contributed by atoms with van der Waals surface area (Å²) in [6, 6.07) is 7.31. The van der Waals surface area contributed by atoms with Crippen LogP contribution < -0.4 is 10.1 Å². The predicted octanol–water partition coefficient (Wildman–Crippen LogP) is 3.67. The Balaban J connectivity index is 1.85. The van der Waals surface area contributed by atoms with E-state index in [1.165, 1.54) is 12.8 Å². The van der Waals surface area contributed by atoms with Crippen molar-refractivity contribution in [1.29, 1.82) is 0 Å². The van der Waals surface area contributed by atoms with Gasteiger partial charge >= 0.3 is 6.61 Å². The highest BCUT2D eigenvalue weighted by Gasteiger charge is 2.23. The highest BCUT2D eigenvalue weighted by molar-refractivity contribution is 5.29. The maximum Gasteiger partial charge on any atom is 0.387 e. The molecular formula is C17H26F2N2O. The molecule has 1 heterocycles. The quantitative estimate of drug-likeness (QED) is 0.831. The molecule has 22 heavy (non-hydrogen) atoms. The van der Waals surface area contributed by atoms with Gasteiger partial charge in [0.05, 0.1) is 0 Å². The van der Waals surface area contributed by atoms with Crippen molar-refractivity contribution in [2.75, 3.05) is 26.2 Å². The fraction of sp³-hybridized carbons (Fsp3) is 0.647. The van der Waals surface area contributed by atoms with E-state index in [4.69, 9.17) is 0 Å². The van der Waals surface area contributed by atoms with Crippen LogP contribution in [-0.4, -0.2) is 37.7 Å². The molecule has 0 bridgehead atoms. The van der Waals surface area contributed by atoms with Gasteiger partial charge in [0.2, 0.25) is 0 Å². The molecule has 3 nitrogen and oxygen atoms in total. The monoisotopic (exact) mass is 312 g/mol. The van der Waals surface area contributed by atoms with Crippen LogP contribution in [0.4, 0.5) is 8.78 Å². The van der Waals surface area contributed by atoms with Crippen molar-refractivity contribution in [1.82, 2.24) is 10.2 Å². The molecule has 1 unspecified atom stereocenters. The third kappa shape index (κ3) is 4.92. The van der Waals surface area contributed by atoms with Crippen LogP contribution in [0.15, 0.2) is 24.3 Å². The molecule has 1 atom stereocenters. The molecule has 0 spiro atoms. The zero-order valence-electron chi connectivity index (χ0n) is 13.4. The fourth-order valence-corrected chi connectivity index (χ4v) is 3.03. The van der Waals surface area contributed by atoms with Gasteiger partial charge < -0.3 is 10.1 Å². The van der Waals surface area contributed by atoms with Crippen LogP contribution in [0.25, 0.3) is 0 Å². The van der Waals surface area contributed by atoms with Crippen molar-refractivity contribution in [2.24, 2.45) is 5.92 Å². The summed E-state index contributed by atoms with van der Waals surface area (Å²) in [7, 11) is 0. The van der Waals surface area contributed by atoms with Crippen molar-refractivity contribution in [3.05, 3.63) is 29.8 Å². The summed E-state index contributed by atoms with van der Waals surface area (Å²) >= 11 is 0. The lowest BCUT2D eigenvalue weighted by Crippen LogP contribution is -2.38. The second-order valence-electron chi connectivity index (χ2n) is 5.91. The maximum absolute atomic E-state index is 12.2. The van der Waals surface area contributed by atoms with Gasteiger partial charge in [-0.3, -0.25) is 4.90 Å². The van der Waals surface area contributed by atoms with Crippen LogP contribution in [0.1, 0.15) is 38.3 Å². The lowest BCUT2D eigenvalue weighted by atomic mass is 9.94. The molecule has 5 heteroatoms. The fourth-order valence-electron chi connectivity index (χ4n) is 3.03. The lowest BCUT2D eigenvalue weighted by Gasteiger charge is -2.36. The smallest absolute Gasteiger partial charge is 0.387 e. The van der Waals surface area contributed by atoms with E-state index in [2.05, 4.69) is 28.8 Å². The van der Waals surface area contributed by atoms with E-state index in [0.717, 1.165) is 37.7 Å². The Labute approximate surface area is 131 Å². The third-order valence-electron chi connectivity index (χ3n) is 4.47. The van der Waals surface area contributed by atoms with Crippen LogP contribution in [0.5, 0.6) is 5.75 Å². The number of piperidine rings is 1. The van der Waals surface area contributed by atoms with Gasteiger partial charge in [0.1, 0.15) is 5.75 Å². The zero-order valence-corrected chi connectivity index (χ0v) is 13.4. The van der Waals surface area contributed by atoms with Gasteiger partial charge in [-0.25, -0.2) is 0 Å². The minimum absolute atomic E-state index is 0.218. The van der Waals surface area contributed by atoms with Crippen LogP contribution in [-0.2, 0) is 0 Å².